The van der Waals surface area contributed by atoms with Crippen LogP contribution in [0.5, 0.6) is 0 Å². The lowest BCUT2D eigenvalue weighted by Crippen LogP contribution is -2.06. The van der Waals surface area contributed by atoms with Crippen LogP contribution in [-0.4, -0.2) is 25.2 Å². The average molecular weight is 413 g/mol. The number of ether oxygens (including phenoxy) is 2. The smallest absolute Gasteiger partial charge is 0.305 e. The molecule has 0 saturated heterocycles. The molecule has 0 aliphatic heterocycles. The summed E-state index contributed by atoms with van der Waals surface area (Å²) in [4.78, 5) is 23.3. The molecule has 0 fully saturated rings. The second-order valence-corrected chi connectivity index (χ2v) is 8.72. The van der Waals surface area contributed by atoms with Crippen LogP contribution < -0.4 is 0 Å². The van der Waals surface area contributed by atoms with Crippen molar-refractivity contribution in [1.29, 1.82) is 0 Å². The summed E-state index contributed by atoms with van der Waals surface area (Å²) in [7, 11) is 0. The van der Waals surface area contributed by atoms with E-state index in [0.717, 1.165) is 57.8 Å². The fourth-order valence-corrected chi connectivity index (χ4v) is 3.31. The van der Waals surface area contributed by atoms with Crippen molar-refractivity contribution in [3.63, 3.8) is 0 Å². The second kappa shape index (κ2) is 21.6. The summed E-state index contributed by atoms with van der Waals surface area (Å²) >= 11 is 0. The van der Waals surface area contributed by atoms with Crippen molar-refractivity contribution in [1.82, 2.24) is 0 Å². The molecule has 0 aromatic rings. The molecule has 0 saturated carbocycles. The zero-order valence-corrected chi connectivity index (χ0v) is 19.6. The monoisotopic (exact) mass is 412 g/mol. The van der Waals surface area contributed by atoms with Gasteiger partial charge in [-0.3, -0.25) is 9.59 Å². The highest BCUT2D eigenvalue weighted by Crippen LogP contribution is 2.11. The Balaban J connectivity index is 3.27. The van der Waals surface area contributed by atoms with E-state index in [1.165, 1.54) is 38.5 Å². The lowest BCUT2D eigenvalue weighted by molar-refractivity contribution is -0.144. The normalized spacial score (nSPS) is 11.0. The number of unbranched alkanes of at least 4 members (excludes halogenated alkanes) is 11. The van der Waals surface area contributed by atoms with Crippen molar-refractivity contribution in [2.75, 3.05) is 13.2 Å². The molecule has 0 amide bonds. The average Bonchev–Trinajstić information content (AvgIpc) is 2.69. The molecule has 0 atom stereocenters. The van der Waals surface area contributed by atoms with Gasteiger partial charge in [-0.1, -0.05) is 85.0 Å². The standard InChI is InChI=1S/C25H48O4/c1-4-5-6-7-10-13-16-21-28-24(26)19-14-11-8-9-12-15-20-25(27)29-22-17-18-23(2)3/h23H,4-22H2,1-3H3. The number of hydrogen-bond acceptors (Lipinski definition) is 4. The maximum Gasteiger partial charge on any atom is 0.305 e. The highest BCUT2D eigenvalue weighted by Gasteiger charge is 2.04. The first-order valence-electron chi connectivity index (χ1n) is 12.4. The van der Waals surface area contributed by atoms with E-state index < -0.39 is 0 Å². The molecule has 0 heterocycles. The zero-order chi connectivity index (χ0) is 21.6. The third-order valence-electron chi connectivity index (χ3n) is 5.21. The third kappa shape index (κ3) is 23.1. The highest BCUT2D eigenvalue weighted by molar-refractivity contribution is 5.69. The Labute approximate surface area is 180 Å². The largest absolute Gasteiger partial charge is 0.466 e. The number of carbonyl (C=O) groups is 2. The van der Waals surface area contributed by atoms with Crippen LogP contribution in [0, 0.1) is 5.92 Å². The lowest BCUT2D eigenvalue weighted by Gasteiger charge is -2.07. The summed E-state index contributed by atoms with van der Waals surface area (Å²) in [6.45, 7) is 7.74. The molecule has 0 aliphatic rings. The second-order valence-electron chi connectivity index (χ2n) is 8.72. The van der Waals surface area contributed by atoms with E-state index in [4.69, 9.17) is 9.47 Å². The van der Waals surface area contributed by atoms with Crippen molar-refractivity contribution < 1.29 is 19.1 Å². The summed E-state index contributed by atoms with van der Waals surface area (Å²) in [5.74, 6) is 0.564. The Hall–Kier alpha value is -1.06. The summed E-state index contributed by atoms with van der Waals surface area (Å²) in [5.41, 5.74) is 0. The molecule has 4 heteroatoms. The minimum absolute atomic E-state index is 0.0452. The zero-order valence-electron chi connectivity index (χ0n) is 19.6. The lowest BCUT2D eigenvalue weighted by atomic mass is 10.1. The van der Waals surface area contributed by atoms with E-state index in [9.17, 15) is 9.59 Å². The van der Waals surface area contributed by atoms with Crippen molar-refractivity contribution in [3.8, 4) is 0 Å². The van der Waals surface area contributed by atoms with Gasteiger partial charge in [0.15, 0.2) is 0 Å². The number of carbonyl (C=O) groups excluding carboxylic acids is 2. The van der Waals surface area contributed by atoms with E-state index in [-0.39, 0.29) is 11.9 Å². The number of rotatable bonds is 21. The Morgan fingerprint density at radius 3 is 1.48 bits per heavy atom. The first-order chi connectivity index (χ1) is 14.1. The Bertz CT molecular complexity index is 379. The summed E-state index contributed by atoms with van der Waals surface area (Å²) in [6, 6.07) is 0. The van der Waals surface area contributed by atoms with Gasteiger partial charge in [-0.15, -0.1) is 0 Å². The molecular formula is C25H48O4. The summed E-state index contributed by atoms with van der Waals surface area (Å²) in [5, 5.41) is 0. The predicted molar refractivity (Wildman–Crippen MR) is 121 cm³/mol. The van der Waals surface area contributed by atoms with Crippen LogP contribution in [-0.2, 0) is 19.1 Å². The molecule has 0 aromatic carbocycles. The molecule has 0 bridgehead atoms. The quantitative estimate of drug-likeness (QED) is 0.146. The fourth-order valence-electron chi connectivity index (χ4n) is 3.31. The maximum absolute atomic E-state index is 11.7. The first kappa shape index (κ1) is 27.9. The van der Waals surface area contributed by atoms with Gasteiger partial charge in [0.05, 0.1) is 13.2 Å². The van der Waals surface area contributed by atoms with Crippen molar-refractivity contribution >= 4 is 11.9 Å². The van der Waals surface area contributed by atoms with Crippen LogP contribution in [0.3, 0.4) is 0 Å². The van der Waals surface area contributed by atoms with Crippen LogP contribution >= 0.6 is 0 Å². The van der Waals surface area contributed by atoms with Gasteiger partial charge in [0, 0.05) is 12.8 Å². The van der Waals surface area contributed by atoms with Crippen LogP contribution in [0.2, 0.25) is 0 Å². The number of esters is 2. The van der Waals surface area contributed by atoms with Gasteiger partial charge >= 0.3 is 11.9 Å². The molecule has 4 nitrogen and oxygen atoms in total. The SMILES string of the molecule is CCCCCCCCCOC(=O)CCCCCCCCC(=O)OCCCC(C)C. The molecule has 0 spiro atoms. The van der Waals surface area contributed by atoms with Crippen molar-refractivity contribution in [2.45, 2.75) is 130 Å². The molecule has 0 aromatic heterocycles. The van der Waals surface area contributed by atoms with Crippen LogP contribution in [0.25, 0.3) is 0 Å². The molecule has 29 heavy (non-hydrogen) atoms. The van der Waals surface area contributed by atoms with Gasteiger partial charge < -0.3 is 9.47 Å². The van der Waals surface area contributed by atoms with Crippen molar-refractivity contribution in [2.24, 2.45) is 5.92 Å². The van der Waals surface area contributed by atoms with E-state index in [1.54, 1.807) is 0 Å². The summed E-state index contributed by atoms with van der Waals surface area (Å²) in [6.07, 6.45) is 18.0. The van der Waals surface area contributed by atoms with Gasteiger partial charge in [0.2, 0.25) is 0 Å². The van der Waals surface area contributed by atoms with Crippen molar-refractivity contribution in [3.05, 3.63) is 0 Å². The molecular weight excluding hydrogens is 364 g/mol. The summed E-state index contributed by atoms with van der Waals surface area (Å²) < 4.78 is 10.5. The molecule has 0 radical (unpaired) electrons. The maximum atomic E-state index is 11.7. The fraction of sp³-hybridized carbons (Fsp3) is 0.920. The van der Waals surface area contributed by atoms with Crippen LogP contribution in [0.15, 0.2) is 0 Å². The van der Waals surface area contributed by atoms with Gasteiger partial charge in [-0.2, -0.15) is 0 Å². The number of hydrogen-bond donors (Lipinski definition) is 0. The molecule has 172 valence electrons. The minimum Gasteiger partial charge on any atom is -0.466 e. The van der Waals surface area contributed by atoms with E-state index >= 15 is 0 Å². The third-order valence-corrected chi connectivity index (χ3v) is 5.21. The predicted octanol–water partition coefficient (Wildman–Crippen LogP) is 7.38. The minimum atomic E-state index is -0.0579. The van der Waals surface area contributed by atoms with Gasteiger partial charge in [-0.25, -0.2) is 0 Å². The topological polar surface area (TPSA) is 52.6 Å². The molecule has 0 unspecified atom stereocenters. The molecule has 0 rings (SSSR count). The van der Waals surface area contributed by atoms with Gasteiger partial charge in [-0.05, 0) is 38.0 Å². The Kier molecular flexibility index (Phi) is 20.9. The molecule has 0 aliphatic carbocycles. The van der Waals surface area contributed by atoms with Crippen LogP contribution in [0.4, 0.5) is 0 Å². The Morgan fingerprint density at radius 1 is 0.586 bits per heavy atom. The first-order valence-corrected chi connectivity index (χ1v) is 12.4. The molecule has 0 N–H and O–H groups in total. The van der Waals surface area contributed by atoms with E-state index in [2.05, 4.69) is 20.8 Å². The van der Waals surface area contributed by atoms with Gasteiger partial charge in [0.1, 0.15) is 0 Å². The van der Waals surface area contributed by atoms with Crippen LogP contribution in [0.1, 0.15) is 130 Å². The highest BCUT2D eigenvalue weighted by atomic mass is 16.5. The Morgan fingerprint density at radius 2 is 1.00 bits per heavy atom. The van der Waals surface area contributed by atoms with Gasteiger partial charge in [0.25, 0.3) is 0 Å². The van der Waals surface area contributed by atoms with E-state index in [1.807, 2.05) is 0 Å². The van der Waals surface area contributed by atoms with E-state index in [0.29, 0.717) is 32.0 Å².